The van der Waals surface area contributed by atoms with Gasteiger partial charge in [-0.15, -0.1) is 0 Å². The Balaban J connectivity index is 1.30. The van der Waals surface area contributed by atoms with E-state index >= 15 is 4.39 Å². The van der Waals surface area contributed by atoms with Crippen LogP contribution in [0.3, 0.4) is 0 Å². The number of aliphatic hydroxyl groups excluding tert-OH is 2. The van der Waals surface area contributed by atoms with Crippen LogP contribution in [0.1, 0.15) is 51.0 Å². The van der Waals surface area contributed by atoms with Gasteiger partial charge in [0, 0.05) is 23.8 Å². The maximum absolute atomic E-state index is 16.8. The summed E-state index contributed by atoms with van der Waals surface area (Å²) in [6.45, 7) is 2.32. The minimum absolute atomic E-state index is 0.136. The minimum Gasteiger partial charge on any atom is -0.443 e. The molecular formula is C28H33FN2O4. The summed E-state index contributed by atoms with van der Waals surface area (Å²) in [7, 11) is 3.75. The molecule has 3 fully saturated rings. The zero-order chi connectivity index (χ0) is 24.4. The number of allylic oxidation sites excluding steroid dienone is 3. The first kappa shape index (κ1) is 22.2. The minimum atomic E-state index is -1.98. The lowest BCUT2D eigenvalue weighted by molar-refractivity contribution is -0.282. The second kappa shape index (κ2) is 6.82. The Hall–Kier alpha value is -2.06. The molecule has 1 aromatic heterocycles. The van der Waals surface area contributed by atoms with Crippen molar-refractivity contribution in [3.63, 3.8) is 0 Å². The van der Waals surface area contributed by atoms with Crippen molar-refractivity contribution in [3.05, 3.63) is 47.9 Å². The number of fused-ring (bicyclic) bond motifs is 2. The van der Waals surface area contributed by atoms with Crippen LogP contribution in [-0.2, 0) is 4.74 Å². The van der Waals surface area contributed by atoms with E-state index in [9.17, 15) is 10.2 Å². The molecule has 0 amide bonds. The van der Waals surface area contributed by atoms with Crippen LogP contribution in [-0.4, -0.2) is 69.3 Å². The molecular weight excluding hydrogens is 447 g/mol. The SMILES string of the molecule is CN(C)C1CC23CCC4(O2)C(=CCC2(C)C(c5ccc6ncoc6c5)=CCC24)CC3(F)C(O)C1O. The van der Waals surface area contributed by atoms with Gasteiger partial charge in [-0.2, -0.15) is 0 Å². The van der Waals surface area contributed by atoms with E-state index < -0.39 is 29.1 Å². The molecule has 35 heavy (non-hydrogen) atoms. The second-order valence-corrected chi connectivity index (χ2v) is 12.0. The third-order valence-corrected chi connectivity index (χ3v) is 10.3. The quantitative estimate of drug-likeness (QED) is 0.632. The van der Waals surface area contributed by atoms with Crippen LogP contribution in [0.2, 0.25) is 0 Å². The molecule has 8 atom stereocenters. The first-order valence-electron chi connectivity index (χ1n) is 12.8. The summed E-state index contributed by atoms with van der Waals surface area (Å²) >= 11 is 0. The highest BCUT2D eigenvalue weighted by molar-refractivity contribution is 5.82. The van der Waals surface area contributed by atoms with Gasteiger partial charge in [0.2, 0.25) is 0 Å². The van der Waals surface area contributed by atoms with Crippen molar-refractivity contribution in [2.24, 2.45) is 11.3 Å². The Kier molecular flexibility index (Phi) is 4.32. The molecule has 6 nitrogen and oxygen atoms in total. The molecule has 1 saturated carbocycles. The number of hydrogen-bond acceptors (Lipinski definition) is 6. The predicted molar refractivity (Wildman–Crippen MR) is 129 cm³/mol. The normalized spacial score (nSPS) is 46.3. The van der Waals surface area contributed by atoms with Crippen LogP contribution in [0.15, 0.2) is 46.7 Å². The van der Waals surface area contributed by atoms with E-state index in [1.165, 1.54) is 12.0 Å². The fraction of sp³-hybridized carbons (Fsp3) is 0.607. The van der Waals surface area contributed by atoms with Crippen molar-refractivity contribution >= 4 is 16.7 Å². The summed E-state index contributed by atoms with van der Waals surface area (Å²) in [5.74, 6) is 0.196. The van der Waals surface area contributed by atoms with E-state index in [0.29, 0.717) is 12.8 Å². The molecule has 2 saturated heterocycles. The molecule has 0 radical (unpaired) electrons. The monoisotopic (exact) mass is 480 g/mol. The Bertz CT molecular complexity index is 1290. The predicted octanol–water partition coefficient (Wildman–Crippen LogP) is 4.02. The van der Waals surface area contributed by atoms with Gasteiger partial charge in [0.05, 0.1) is 11.7 Å². The van der Waals surface area contributed by atoms with E-state index in [2.05, 4.69) is 36.2 Å². The number of nitrogens with zero attached hydrogens (tertiary/aromatic N) is 2. The van der Waals surface area contributed by atoms with Crippen LogP contribution in [0.5, 0.6) is 0 Å². The van der Waals surface area contributed by atoms with Gasteiger partial charge >= 0.3 is 0 Å². The first-order chi connectivity index (χ1) is 16.6. The van der Waals surface area contributed by atoms with E-state index in [4.69, 9.17) is 9.15 Å². The highest BCUT2D eigenvalue weighted by Crippen LogP contribution is 2.70. The van der Waals surface area contributed by atoms with Crippen molar-refractivity contribution in [1.82, 2.24) is 9.88 Å². The van der Waals surface area contributed by atoms with Crippen molar-refractivity contribution in [3.8, 4) is 0 Å². The van der Waals surface area contributed by atoms with E-state index in [1.807, 2.05) is 25.1 Å². The topological polar surface area (TPSA) is 79.0 Å². The lowest BCUT2D eigenvalue weighted by Gasteiger charge is -2.61. The van der Waals surface area contributed by atoms with Gasteiger partial charge in [-0.1, -0.05) is 25.1 Å². The lowest BCUT2D eigenvalue weighted by atomic mass is 9.56. The van der Waals surface area contributed by atoms with E-state index in [1.54, 1.807) is 0 Å². The number of aromatic nitrogens is 1. The number of alkyl halides is 1. The molecule has 2 spiro atoms. The molecule has 186 valence electrons. The molecule has 2 aromatic rings. The van der Waals surface area contributed by atoms with Crippen molar-refractivity contribution < 1.29 is 23.8 Å². The third kappa shape index (κ3) is 2.55. The first-order valence-corrected chi connectivity index (χ1v) is 12.8. The largest absolute Gasteiger partial charge is 0.443 e. The third-order valence-electron chi connectivity index (χ3n) is 10.3. The molecule has 3 aliphatic carbocycles. The Labute approximate surface area is 204 Å². The standard InChI is InChI=1S/C28H33FN2O4/c1-25-9-8-17-13-28(29)24(33)23(32)20(31(2)3)14-26(28)10-11-27(17,35-26)22(25)7-5-18(25)16-4-6-19-21(12-16)34-15-30-19/h4-6,8,12,15,20,22-24,32-33H,7,9-11,13-14H2,1-3H3. The van der Waals surface area contributed by atoms with Crippen LogP contribution < -0.4 is 0 Å². The number of hydrogen-bond donors (Lipinski definition) is 2. The van der Waals surface area contributed by atoms with Gasteiger partial charge in [-0.3, -0.25) is 0 Å². The smallest absolute Gasteiger partial charge is 0.181 e. The summed E-state index contributed by atoms with van der Waals surface area (Å²) in [6.07, 6.45) is 6.86. The molecule has 2 N–H and O–H groups in total. The molecule has 3 heterocycles. The number of aliphatic hydroxyl groups is 2. The van der Waals surface area contributed by atoms with Gasteiger partial charge in [-0.25, -0.2) is 9.37 Å². The lowest BCUT2D eigenvalue weighted by Crippen LogP contribution is -2.73. The molecule has 7 rings (SSSR count). The number of ether oxygens (including phenoxy) is 1. The molecule has 5 aliphatic rings. The van der Waals surface area contributed by atoms with E-state index in [-0.39, 0.29) is 23.8 Å². The Morgan fingerprint density at radius 2 is 2.00 bits per heavy atom. The van der Waals surface area contributed by atoms with Gasteiger partial charge in [0.25, 0.3) is 0 Å². The van der Waals surface area contributed by atoms with E-state index in [0.717, 1.165) is 41.5 Å². The number of halogens is 1. The van der Waals surface area contributed by atoms with Gasteiger partial charge in [0.1, 0.15) is 17.2 Å². The highest BCUT2D eigenvalue weighted by atomic mass is 19.1. The van der Waals surface area contributed by atoms with Crippen LogP contribution in [0.4, 0.5) is 4.39 Å². The Morgan fingerprint density at radius 3 is 2.80 bits per heavy atom. The number of benzene rings is 1. The molecule has 2 aliphatic heterocycles. The maximum atomic E-state index is 16.8. The van der Waals surface area contributed by atoms with Crippen molar-refractivity contribution in [2.45, 2.75) is 80.6 Å². The van der Waals surface area contributed by atoms with Gasteiger partial charge in [-0.05, 0) is 75.0 Å². The molecule has 7 heteroatoms. The average Bonchev–Trinajstić information content (AvgIpc) is 3.52. The molecule has 1 aromatic carbocycles. The van der Waals surface area contributed by atoms with Crippen LogP contribution >= 0.6 is 0 Å². The second-order valence-electron chi connectivity index (χ2n) is 12.0. The summed E-state index contributed by atoms with van der Waals surface area (Å²) in [4.78, 5) is 6.14. The summed E-state index contributed by atoms with van der Waals surface area (Å²) < 4.78 is 29.4. The number of likely N-dealkylation sites (N-methyl/N-ethyl adjacent to an activating group) is 1. The zero-order valence-electron chi connectivity index (χ0n) is 20.5. The molecule has 2 bridgehead atoms. The zero-order valence-corrected chi connectivity index (χ0v) is 20.5. The van der Waals surface area contributed by atoms with Crippen LogP contribution in [0.25, 0.3) is 16.7 Å². The average molecular weight is 481 g/mol. The Morgan fingerprint density at radius 1 is 1.17 bits per heavy atom. The highest BCUT2D eigenvalue weighted by Gasteiger charge is 2.76. The number of oxazole rings is 1. The fourth-order valence-electron chi connectivity index (χ4n) is 8.45. The summed E-state index contributed by atoms with van der Waals surface area (Å²) in [5.41, 5.74) is 1.29. The summed E-state index contributed by atoms with van der Waals surface area (Å²) in [5, 5.41) is 21.9. The van der Waals surface area contributed by atoms with Crippen molar-refractivity contribution in [1.29, 1.82) is 0 Å². The molecule has 8 unspecified atom stereocenters. The maximum Gasteiger partial charge on any atom is 0.181 e. The fourth-order valence-corrected chi connectivity index (χ4v) is 8.45. The summed E-state index contributed by atoms with van der Waals surface area (Å²) in [6, 6.07) is 5.84. The number of rotatable bonds is 2. The van der Waals surface area contributed by atoms with Crippen LogP contribution in [0, 0.1) is 11.3 Å². The van der Waals surface area contributed by atoms with Gasteiger partial charge in [0.15, 0.2) is 17.6 Å². The van der Waals surface area contributed by atoms with Crippen molar-refractivity contribution in [2.75, 3.05) is 14.1 Å². The van der Waals surface area contributed by atoms with Gasteiger partial charge < -0.3 is 24.3 Å².